The highest BCUT2D eigenvalue weighted by Crippen LogP contribution is 2.24. The SMILES string of the molecule is CC1CCN(C(=O)C(C)Oc2ccccc2F)C(CN)C1.Cl. The molecule has 1 aromatic carbocycles. The fourth-order valence-electron chi connectivity index (χ4n) is 2.78. The number of rotatable bonds is 4. The molecule has 0 aromatic heterocycles. The van der Waals surface area contributed by atoms with Crippen LogP contribution in [0.25, 0.3) is 0 Å². The van der Waals surface area contributed by atoms with Crippen LogP contribution in [0.5, 0.6) is 5.75 Å². The van der Waals surface area contributed by atoms with Gasteiger partial charge in [-0.1, -0.05) is 19.1 Å². The molecule has 4 nitrogen and oxygen atoms in total. The smallest absolute Gasteiger partial charge is 0.263 e. The molecule has 1 aliphatic heterocycles. The molecule has 124 valence electrons. The van der Waals surface area contributed by atoms with Gasteiger partial charge in [0.15, 0.2) is 17.7 Å². The van der Waals surface area contributed by atoms with Gasteiger partial charge in [-0.05, 0) is 37.8 Å². The molecule has 0 bridgehead atoms. The van der Waals surface area contributed by atoms with Crippen LogP contribution in [0.15, 0.2) is 24.3 Å². The Hall–Kier alpha value is -1.33. The molecule has 1 heterocycles. The number of ether oxygens (including phenoxy) is 1. The van der Waals surface area contributed by atoms with Gasteiger partial charge < -0.3 is 15.4 Å². The molecular formula is C16H24ClFN2O2. The zero-order valence-electron chi connectivity index (χ0n) is 13.0. The highest BCUT2D eigenvalue weighted by molar-refractivity contribution is 5.85. The largest absolute Gasteiger partial charge is 0.478 e. The number of hydrogen-bond donors (Lipinski definition) is 1. The van der Waals surface area contributed by atoms with E-state index in [-0.39, 0.29) is 30.1 Å². The van der Waals surface area contributed by atoms with Crippen LogP contribution in [0.4, 0.5) is 4.39 Å². The van der Waals surface area contributed by atoms with Gasteiger partial charge in [0, 0.05) is 19.1 Å². The normalized spacial score (nSPS) is 22.6. The Labute approximate surface area is 137 Å². The number of carbonyl (C=O) groups is 1. The van der Waals surface area contributed by atoms with E-state index in [1.807, 2.05) is 0 Å². The molecule has 2 rings (SSSR count). The number of para-hydroxylation sites is 1. The van der Waals surface area contributed by atoms with Crippen molar-refractivity contribution in [2.24, 2.45) is 11.7 Å². The maximum absolute atomic E-state index is 13.6. The summed E-state index contributed by atoms with van der Waals surface area (Å²) in [4.78, 5) is 14.3. The number of piperidine rings is 1. The van der Waals surface area contributed by atoms with Crippen molar-refractivity contribution in [1.29, 1.82) is 0 Å². The Bertz CT molecular complexity index is 501. The highest BCUT2D eigenvalue weighted by Gasteiger charge is 2.32. The minimum absolute atomic E-state index is 0. The molecule has 1 saturated heterocycles. The number of likely N-dealkylation sites (tertiary alicyclic amines) is 1. The Balaban J connectivity index is 0.00000242. The van der Waals surface area contributed by atoms with Gasteiger partial charge in [-0.2, -0.15) is 0 Å². The Morgan fingerprint density at radius 1 is 1.50 bits per heavy atom. The zero-order valence-corrected chi connectivity index (χ0v) is 13.8. The van der Waals surface area contributed by atoms with E-state index in [0.717, 1.165) is 12.8 Å². The molecule has 1 aliphatic rings. The van der Waals surface area contributed by atoms with E-state index in [1.54, 1.807) is 24.0 Å². The van der Waals surface area contributed by atoms with Gasteiger partial charge in [0.05, 0.1) is 0 Å². The molecule has 0 radical (unpaired) electrons. The van der Waals surface area contributed by atoms with E-state index in [1.165, 1.54) is 12.1 Å². The lowest BCUT2D eigenvalue weighted by atomic mass is 9.92. The third-order valence-electron chi connectivity index (χ3n) is 4.02. The topological polar surface area (TPSA) is 55.6 Å². The van der Waals surface area contributed by atoms with Crippen molar-refractivity contribution >= 4 is 18.3 Å². The van der Waals surface area contributed by atoms with E-state index in [9.17, 15) is 9.18 Å². The van der Waals surface area contributed by atoms with E-state index >= 15 is 0 Å². The van der Waals surface area contributed by atoms with Crippen LogP contribution in [0.3, 0.4) is 0 Å². The van der Waals surface area contributed by atoms with E-state index < -0.39 is 11.9 Å². The monoisotopic (exact) mass is 330 g/mol. The van der Waals surface area contributed by atoms with E-state index in [2.05, 4.69) is 6.92 Å². The lowest BCUT2D eigenvalue weighted by Crippen LogP contribution is -2.52. The summed E-state index contributed by atoms with van der Waals surface area (Å²) in [5.41, 5.74) is 5.78. The van der Waals surface area contributed by atoms with Crippen molar-refractivity contribution in [2.75, 3.05) is 13.1 Å². The van der Waals surface area contributed by atoms with Crippen LogP contribution in [0.1, 0.15) is 26.7 Å². The maximum atomic E-state index is 13.6. The van der Waals surface area contributed by atoms with Crippen LogP contribution in [-0.4, -0.2) is 36.0 Å². The summed E-state index contributed by atoms with van der Waals surface area (Å²) >= 11 is 0. The summed E-state index contributed by atoms with van der Waals surface area (Å²) in [6.45, 7) is 4.96. The molecule has 1 fully saturated rings. The first kappa shape index (κ1) is 18.7. The third-order valence-corrected chi connectivity index (χ3v) is 4.02. The average molecular weight is 331 g/mol. The number of nitrogens with zero attached hydrogens (tertiary/aromatic N) is 1. The van der Waals surface area contributed by atoms with Gasteiger partial charge in [0.2, 0.25) is 0 Å². The molecule has 22 heavy (non-hydrogen) atoms. The standard InChI is InChI=1S/C16H23FN2O2.ClH/c1-11-7-8-19(13(9-11)10-18)16(20)12(2)21-15-6-4-3-5-14(15)17;/h3-6,11-13H,7-10,18H2,1-2H3;1H. The molecule has 1 aromatic rings. The molecule has 6 heteroatoms. The van der Waals surface area contributed by atoms with Crippen LogP contribution < -0.4 is 10.5 Å². The van der Waals surface area contributed by atoms with Gasteiger partial charge in [0.1, 0.15) is 0 Å². The molecule has 1 amide bonds. The summed E-state index contributed by atoms with van der Waals surface area (Å²) < 4.78 is 19.1. The lowest BCUT2D eigenvalue weighted by Gasteiger charge is -2.39. The molecule has 0 spiro atoms. The fourth-order valence-corrected chi connectivity index (χ4v) is 2.78. The molecule has 2 N–H and O–H groups in total. The van der Waals surface area contributed by atoms with E-state index in [4.69, 9.17) is 10.5 Å². The second-order valence-electron chi connectivity index (χ2n) is 5.74. The van der Waals surface area contributed by atoms with Gasteiger partial charge in [-0.3, -0.25) is 4.79 Å². The van der Waals surface area contributed by atoms with Crippen LogP contribution in [0.2, 0.25) is 0 Å². The minimum Gasteiger partial charge on any atom is -0.478 e. The average Bonchev–Trinajstić information content (AvgIpc) is 2.48. The molecule has 3 atom stereocenters. The van der Waals surface area contributed by atoms with Crippen molar-refractivity contribution in [1.82, 2.24) is 4.90 Å². The minimum atomic E-state index is -0.718. The Kier molecular flexibility index (Phi) is 7.10. The van der Waals surface area contributed by atoms with Crippen LogP contribution in [0, 0.1) is 11.7 Å². The fraction of sp³-hybridized carbons (Fsp3) is 0.562. The van der Waals surface area contributed by atoms with Crippen molar-refractivity contribution in [2.45, 2.75) is 38.8 Å². The summed E-state index contributed by atoms with van der Waals surface area (Å²) in [7, 11) is 0. The lowest BCUT2D eigenvalue weighted by molar-refractivity contribution is -0.142. The maximum Gasteiger partial charge on any atom is 0.263 e. The van der Waals surface area contributed by atoms with Crippen molar-refractivity contribution in [3.63, 3.8) is 0 Å². The summed E-state index contributed by atoms with van der Waals surface area (Å²) in [5.74, 6) is 0.0961. The number of carbonyl (C=O) groups excluding carboxylic acids is 1. The first-order chi connectivity index (χ1) is 10.0. The van der Waals surface area contributed by atoms with Gasteiger partial charge in [-0.25, -0.2) is 4.39 Å². The Morgan fingerprint density at radius 2 is 2.18 bits per heavy atom. The quantitative estimate of drug-likeness (QED) is 0.923. The molecule has 0 saturated carbocycles. The molecule has 3 unspecified atom stereocenters. The number of benzene rings is 1. The first-order valence-corrected chi connectivity index (χ1v) is 7.44. The number of nitrogens with two attached hydrogens (primary N) is 1. The van der Waals surface area contributed by atoms with Crippen molar-refractivity contribution < 1.29 is 13.9 Å². The van der Waals surface area contributed by atoms with Gasteiger partial charge >= 0.3 is 0 Å². The zero-order chi connectivity index (χ0) is 15.4. The Morgan fingerprint density at radius 3 is 2.82 bits per heavy atom. The van der Waals surface area contributed by atoms with Crippen molar-refractivity contribution in [3.8, 4) is 5.75 Å². The predicted molar refractivity (Wildman–Crippen MR) is 86.7 cm³/mol. The van der Waals surface area contributed by atoms with Crippen LogP contribution >= 0.6 is 12.4 Å². The second kappa shape index (κ2) is 8.34. The molecule has 0 aliphatic carbocycles. The highest BCUT2D eigenvalue weighted by atomic mass is 35.5. The third kappa shape index (κ3) is 4.34. The van der Waals surface area contributed by atoms with Gasteiger partial charge in [-0.15, -0.1) is 12.4 Å². The number of hydrogen-bond acceptors (Lipinski definition) is 3. The van der Waals surface area contributed by atoms with Crippen molar-refractivity contribution in [3.05, 3.63) is 30.1 Å². The van der Waals surface area contributed by atoms with Gasteiger partial charge in [0.25, 0.3) is 5.91 Å². The number of amides is 1. The van der Waals surface area contributed by atoms with E-state index in [0.29, 0.717) is 19.0 Å². The summed E-state index contributed by atoms with van der Waals surface area (Å²) in [6, 6.07) is 6.16. The number of halogens is 2. The summed E-state index contributed by atoms with van der Waals surface area (Å²) in [5, 5.41) is 0. The first-order valence-electron chi connectivity index (χ1n) is 7.44. The van der Waals surface area contributed by atoms with Crippen LogP contribution in [-0.2, 0) is 4.79 Å². The molecular weight excluding hydrogens is 307 g/mol. The predicted octanol–water partition coefficient (Wildman–Crippen LogP) is 2.60. The second-order valence-corrected chi connectivity index (χ2v) is 5.74. The summed E-state index contributed by atoms with van der Waals surface area (Å²) in [6.07, 6.45) is 1.16.